The minimum absolute atomic E-state index is 0.108. The summed E-state index contributed by atoms with van der Waals surface area (Å²) < 4.78 is 64.4. The lowest BCUT2D eigenvalue weighted by molar-refractivity contribution is -0.137. The smallest absolute Gasteiger partial charge is 0.268 e. The molecule has 0 saturated heterocycles. The summed E-state index contributed by atoms with van der Waals surface area (Å²) in [5.74, 6) is -1.01. The average Bonchev–Trinajstić information content (AvgIpc) is 2.54. The fourth-order valence-electron chi connectivity index (χ4n) is 2.16. The van der Waals surface area contributed by atoms with Crippen LogP contribution in [-0.4, -0.2) is 23.2 Å². The van der Waals surface area contributed by atoms with E-state index in [1.807, 2.05) is 0 Å². The van der Waals surface area contributed by atoms with Gasteiger partial charge in [0.25, 0.3) is 15.9 Å². The molecule has 9 heteroatoms. The highest BCUT2D eigenvalue weighted by atomic mass is 127. The molecule has 0 bridgehead atoms. The normalized spacial score (nSPS) is 12.0. The third-order valence-electron chi connectivity index (χ3n) is 3.32. The number of hydrogen-bond acceptors (Lipinski definition) is 3. The monoisotopic (exact) mass is 483 g/mol. The number of carbonyl (C=O) groups excluding carboxylic acids is 1. The van der Waals surface area contributed by atoms with Gasteiger partial charge in [0, 0.05) is 5.56 Å². The molecule has 1 amide bonds. The Hall–Kier alpha value is -1.62. The number of aryl methyl sites for hydroxylation is 1. The number of amides is 1. The van der Waals surface area contributed by atoms with Gasteiger partial charge >= 0.3 is 6.18 Å². The van der Waals surface area contributed by atoms with E-state index in [4.69, 9.17) is 0 Å². The Morgan fingerprint density at radius 1 is 1.12 bits per heavy atom. The van der Waals surface area contributed by atoms with Gasteiger partial charge in [-0.3, -0.25) is 4.79 Å². The second-order valence-corrected chi connectivity index (χ2v) is 7.72. The summed E-state index contributed by atoms with van der Waals surface area (Å²) in [5.41, 5.74) is -1.12. The Kier molecular flexibility index (Phi) is 5.77. The molecule has 0 aliphatic rings. The van der Waals surface area contributed by atoms with E-state index in [0.29, 0.717) is 10.4 Å². The number of hydrogen-bond donors (Lipinski definition) is 0. The summed E-state index contributed by atoms with van der Waals surface area (Å²) in [6.45, 7) is 1.41. The van der Waals surface area contributed by atoms with E-state index >= 15 is 0 Å². The van der Waals surface area contributed by atoms with Gasteiger partial charge in [0.05, 0.1) is 15.0 Å². The summed E-state index contributed by atoms with van der Waals surface area (Å²) in [7, 11) is -4.16. The zero-order chi connectivity index (χ0) is 18.8. The minimum atomic E-state index is -4.63. The molecule has 2 aromatic carbocycles. The van der Waals surface area contributed by atoms with E-state index in [1.54, 1.807) is 28.7 Å². The standard InChI is InChI=1S/C16H13F3INO3S/c1-11-7-12(9-13(8-11)16(17,18)19)15(22)21(10-20)25(23,24)14-5-3-2-4-6-14/h2-9H,10H2,1H3. The van der Waals surface area contributed by atoms with Crippen LogP contribution in [0, 0.1) is 6.92 Å². The van der Waals surface area contributed by atoms with E-state index in [0.717, 1.165) is 6.07 Å². The lowest BCUT2D eigenvalue weighted by Gasteiger charge is -2.21. The molecule has 0 aliphatic carbocycles. The van der Waals surface area contributed by atoms with Gasteiger partial charge in [0.1, 0.15) is 0 Å². The Labute approximate surface area is 156 Å². The molecule has 0 atom stereocenters. The van der Waals surface area contributed by atoms with E-state index < -0.39 is 27.7 Å². The Morgan fingerprint density at radius 3 is 2.24 bits per heavy atom. The van der Waals surface area contributed by atoms with E-state index in [9.17, 15) is 26.4 Å². The number of sulfonamides is 1. The Morgan fingerprint density at radius 2 is 1.72 bits per heavy atom. The molecule has 0 radical (unpaired) electrons. The predicted octanol–water partition coefficient (Wildman–Crippen LogP) is 4.24. The second kappa shape index (κ2) is 7.32. The first kappa shape index (κ1) is 19.7. The topological polar surface area (TPSA) is 54.5 Å². The third-order valence-corrected chi connectivity index (χ3v) is 6.21. The molecule has 0 saturated carbocycles. The molecule has 0 unspecified atom stereocenters. The number of alkyl halides is 4. The molecule has 134 valence electrons. The number of halogens is 4. The van der Waals surface area contributed by atoms with Crippen molar-refractivity contribution in [3.8, 4) is 0 Å². The molecule has 0 spiro atoms. The second-order valence-electron chi connectivity index (χ2n) is 5.18. The maximum Gasteiger partial charge on any atom is 0.416 e. The van der Waals surface area contributed by atoms with Crippen LogP contribution in [-0.2, 0) is 16.2 Å². The number of rotatable bonds is 4. The van der Waals surface area contributed by atoms with Gasteiger partial charge in [-0.05, 0) is 42.8 Å². The summed E-state index contributed by atoms with van der Waals surface area (Å²) in [6, 6.07) is 10.0. The fraction of sp³-hybridized carbons (Fsp3) is 0.188. The quantitative estimate of drug-likeness (QED) is 0.372. The molecule has 4 nitrogen and oxygen atoms in total. The Bertz CT molecular complexity index is 883. The van der Waals surface area contributed by atoms with Crippen molar-refractivity contribution >= 4 is 38.5 Å². The third kappa shape index (κ3) is 4.32. The van der Waals surface area contributed by atoms with Crippen LogP contribution in [0.1, 0.15) is 21.5 Å². The molecule has 0 N–H and O–H groups in total. The molecule has 0 aliphatic heterocycles. The van der Waals surface area contributed by atoms with Gasteiger partial charge < -0.3 is 0 Å². The van der Waals surface area contributed by atoms with E-state index in [2.05, 4.69) is 0 Å². The maximum absolute atomic E-state index is 12.9. The first-order valence-corrected chi connectivity index (χ1v) is 9.91. The first-order valence-electron chi connectivity index (χ1n) is 6.94. The molecule has 0 heterocycles. The number of nitrogens with zero attached hydrogens (tertiary/aromatic N) is 1. The van der Waals surface area contributed by atoms with Gasteiger partial charge in [0.2, 0.25) is 0 Å². The SMILES string of the molecule is Cc1cc(C(=O)N(CI)S(=O)(=O)c2ccccc2)cc(C(F)(F)F)c1. The average molecular weight is 483 g/mol. The van der Waals surface area contributed by atoms with Crippen molar-refractivity contribution in [2.75, 3.05) is 4.55 Å². The zero-order valence-electron chi connectivity index (χ0n) is 12.9. The number of carbonyl (C=O) groups is 1. The van der Waals surface area contributed by atoms with Crippen molar-refractivity contribution in [1.82, 2.24) is 4.31 Å². The molecule has 0 aromatic heterocycles. The summed E-state index contributed by atoms with van der Waals surface area (Å²) >= 11 is 1.68. The van der Waals surface area contributed by atoms with Crippen LogP contribution in [0.25, 0.3) is 0 Å². The molecule has 2 rings (SSSR count). The van der Waals surface area contributed by atoms with Gasteiger partial charge in [-0.2, -0.15) is 13.2 Å². The molecular formula is C16H13F3INO3S. The molecule has 0 fully saturated rings. The summed E-state index contributed by atoms with van der Waals surface area (Å²) in [5, 5.41) is 0. The lowest BCUT2D eigenvalue weighted by Crippen LogP contribution is -2.36. The lowest BCUT2D eigenvalue weighted by atomic mass is 10.1. The van der Waals surface area contributed by atoms with Crippen molar-refractivity contribution in [3.05, 3.63) is 65.2 Å². The van der Waals surface area contributed by atoms with E-state index in [1.165, 1.54) is 37.3 Å². The largest absolute Gasteiger partial charge is 0.416 e. The van der Waals surface area contributed by atoms with Crippen molar-refractivity contribution in [2.24, 2.45) is 0 Å². The van der Waals surface area contributed by atoms with E-state index in [-0.39, 0.29) is 20.6 Å². The molecule has 2 aromatic rings. The summed E-state index contributed by atoms with van der Waals surface area (Å²) in [4.78, 5) is 12.5. The van der Waals surface area contributed by atoms with Crippen LogP contribution in [0.4, 0.5) is 13.2 Å². The number of benzene rings is 2. The van der Waals surface area contributed by atoms with Crippen LogP contribution in [0.5, 0.6) is 0 Å². The van der Waals surface area contributed by atoms with Crippen molar-refractivity contribution in [3.63, 3.8) is 0 Å². The highest BCUT2D eigenvalue weighted by Gasteiger charge is 2.34. The predicted molar refractivity (Wildman–Crippen MR) is 94.9 cm³/mol. The summed E-state index contributed by atoms with van der Waals surface area (Å²) in [6.07, 6.45) is -4.63. The van der Waals surface area contributed by atoms with Crippen molar-refractivity contribution in [2.45, 2.75) is 18.0 Å². The molecule has 25 heavy (non-hydrogen) atoms. The van der Waals surface area contributed by atoms with Gasteiger partial charge in [-0.1, -0.05) is 40.8 Å². The van der Waals surface area contributed by atoms with Crippen LogP contribution in [0.3, 0.4) is 0 Å². The van der Waals surface area contributed by atoms with Crippen LogP contribution < -0.4 is 0 Å². The fourth-order valence-corrected chi connectivity index (χ4v) is 4.78. The van der Waals surface area contributed by atoms with Crippen LogP contribution in [0.15, 0.2) is 53.4 Å². The minimum Gasteiger partial charge on any atom is -0.268 e. The maximum atomic E-state index is 12.9. The van der Waals surface area contributed by atoms with Crippen LogP contribution in [0.2, 0.25) is 0 Å². The van der Waals surface area contributed by atoms with Gasteiger partial charge in [0.15, 0.2) is 0 Å². The van der Waals surface area contributed by atoms with Gasteiger partial charge in [-0.15, -0.1) is 0 Å². The van der Waals surface area contributed by atoms with Crippen molar-refractivity contribution in [1.29, 1.82) is 0 Å². The highest BCUT2D eigenvalue weighted by Crippen LogP contribution is 2.31. The first-order chi connectivity index (χ1) is 11.6. The Balaban J connectivity index is 2.50. The van der Waals surface area contributed by atoms with Crippen LogP contribution >= 0.6 is 22.6 Å². The zero-order valence-corrected chi connectivity index (χ0v) is 15.9. The van der Waals surface area contributed by atoms with Gasteiger partial charge in [-0.25, -0.2) is 12.7 Å². The highest BCUT2D eigenvalue weighted by molar-refractivity contribution is 14.1. The molecular weight excluding hydrogens is 470 g/mol. The van der Waals surface area contributed by atoms with Crippen molar-refractivity contribution < 1.29 is 26.4 Å².